The van der Waals surface area contributed by atoms with Gasteiger partial charge in [-0.1, -0.05) is 30.3 Å². The molecule has 0 aliphatic rings. The fraction of sp³-hybridized carbons (Fsp3) is 0.200. The fourth-order valence-electron chi connectivity index (χ4n) is 0.919. The minimum Gasteiger partial charge on any atom is -0.494 e. The first-order valence-corrected chi connectivity index (χ1v) is 4.19. The van der Waals surface area contributed by atoms with Gasteiger partial charge in [-0.05, 0) is 19.1 Å². The van der Waals surface area contributed by atoms with Crippen molar-refractivity contribution in [3.8, 4) is 0 Å². The first-order valence-electron chi connectivity index (χ1n) is 3.81. The molecule has 1 aromatic rings. The van der Waals surface area contributed by atoms with Crippen LogP contribution in [0.3, 0.4) is 0 Å². The summed E-state index contributed by atoms with van der Waals surface area (Å²) in [5, 5.41) is 0.702. The number of rotatable bonds is 3. The van der Waals surface area contributed by atoms with Gasteiger partial charge in [-0.3, -0.25) is 0 Å². The summed E-state index contributed by atoms with van der Waals surface area (Å²) < 4.78 is 5.23. The highest BCUT2D eigenvalue weighted by Crippen LogP contribution is 2.17. The quantitative estimate of drug-likeness (QED) is 0.652. The van der Waals surface area contributed by atoms with E-state index in [1.54, 1.807) is 0 Å². The Hall–Kier alpha value is -0.950. The van der Waals surface area contributed by atoms with Gasteiger partial charge >= 0.3 is 0 Å². The predicted molar refractivity (Wildman–Crippen MR) is 52.1 cm³/mol. The van der Waals surface area contributed by atoms with Crippen LogP contribution in [0.25, 0.3) is 5.76 Å². The summed E-state index contributed by atoms with van der Waals surface area (Å²) in [6.45, 7) is 6.33. The van der Waals surface area contributed by atoms with Crippen molar-refractivity contribution in [1.82, 2.24) is 0 Å². The van der Waals surface area contributed by atoms with Crippen molar-refractivity contribution in [2.24, 2.45) is 0 Å². The number of halogens is 1. The lowest BCUT2D eigenvalue weighted by atomic mass is 10.2. The van der Waals surface area contributed by atoms with E-state index in [9.17, 15) is 0 Å². The molecule has 0 saturated carbocycles. The fourth-order valence-corrected chi connectivity index (χ4v) is 1.11. The van der Waals surface area contributed by atoms with Crippen LogP contribution in [0, 0.1) is 0 Å². The summed E-state index contributed by atoms with van der Waals surface area (Å²) in [7, 11) is 0. The van der Waals surface area contributed by atoms with Gasteiger partial charge in [-0.25, -0.2) is 0 Å². The van der Waals surface area contributed by atoms with Crippen molar-refractivity contribution in [3.05, 3.63) is 41.4 Å². The van der Waals surface area contributed by atoms with Gasteiger partial charge in [0.2, 0.25) is 0 Å². The van der Waals surface area contributed by atoms with E-state index < -0.39 is 0 Å². The van der Waals surface area contributed by atoms with Gasteiger partial charge in [0.25, 0.3) is 0 Å². The standard InChI is InChI=1S/C10H11ClO/c1-3-12-8(2)9-5-4-6-10(11)7-9/h4-7H,2-3H2,1H3. The molecule has 2 heteroatoms. The summed E-state index contributed by atoms with van der Waals surface area (Å²) >= 11 is 5.79. The lowest BCUT2D eigenvalue weighted by Gasteiger charge is -2.06. The van der Waals surface area contributed by atoms with E-state index in [0.717, 1.165) is 5.56 Å². The molecule has 0 bridgehead atoms. The Morgan fingerprint density at radius 3 is 2.92 bits per heavy atom. The molecular formula is C10H11ClO. The molecule has 0 spiro atoms. The van der Waals surface area contributed by atoms with Crippen molar-refractivity contribution in [1.29, 1.82) is 0 Å². The van der Waals surface area contributed by atoms with Crippen LogP contribution in [-0.2, 0) is 4.74 Å². The number of ether oxygens (including phenoxy) is 1. The maximum atomic E-state index is 5.79. The maximum absolute atomic E-state index is 5.79. The topological polar surface area (TPSA) is 9.23 Å². The van der Waals surface area contributed by atoms with Crippen LogP contribution in [0.1, 0.15) is 12.5 Å². The Balaban J connectivity index is 2.81. The van der Waals surface area contributed by atoms with Crippen molar-refractivity contribution in [3.63, 3.8) is 0 Å². The molecule has 0 radical (unpaired) electrons. The van der Waals surface area contributed by atoms with Gasteiger partial charge in [0.1, 0.15) is 5.76 Å². The third-order valence-electron chi connectivity index (χ3n) is 1.47. The van der Waals surface area contributed by atoms with Crippen molar-refractivity contribution >= 4 is 17.4 Å². The van der Waals surface area contributed by atoms with Gasteiger partial charge in [-0.2, -0.15) is 0 Å². The second-order valence-electron chi connectivity index (χ2n) is 2.37. The molecule has 1 nitrogen and oxygen atoms in total. The average molecular weight is 183 g/mol. The Bertz CT molecular complexity index is 281. The zero-order valence-corrected chi connectivity index (χ0v) is 7.77. The summed E-state index contributed by atoms with van der Waals surface area (Å²) in [6.07, 6.45) is 0. The molecule has 0 saturated heterocycles. The van der Waals surface area contributed by atoms with E-state index in [1.807, 2.05) is 31.2 Å². The first kappa shape index (κ1) is 9.14. The Kier molecular flexibility index (Phi) is 3.18. The molecule has 0 N–H and O–H groups in total. The molecule has 0 aromatic heterocycles. The molecule has 64 valence electrons. The number of hydrogen-bond donors (Lipinski definition) is 0. The third-order valence-corrected chi connectivity index (χ3v) is 1.70. The normalized spacial score (nSPS) is 9.50. The smallest absolute Gasteiger partial charge is 0.119 e. The molecule has 0 aliphatic heterocycles. The molecule has 1 aromatic carbocycles. The molecule has 0 aliphatic carbocycles. The maximum Gasteiger partial charge on any atom is 0.119 e. The van der Waals surface area contributed by atoms with E-state index in [-0.39, 0.29) is 0 Å². The zero-order chi connectivity index (χ0) is 8.97. The summed E-state index contributed by atoms with van der Waals surface area (Å²) in [5.41, 5.74) is 0.935. The lowest BCUT2D eigenvalue weighted by Crippen LogP contribution is -1.89. The minimum atomic E-state index is 0.630. The van der Waals surface area contributed by atoms with Crippen LogP contribution < -0.4 is 0 Å². The zero-order valence-electron chi connectivity index (χ0n) is 7.01. The number of benzene rings is 1. The SMILES string of the molecule is C=C(OCC)c1cccc(Cl)c1. The van der Waals surface area contributed by atoms with E-state index in [2.05, 4.69) is 6.58 Å². The Labute approximate surface area is 77.6 Å². The van der Waals surface area contributed by atoms with Crippen LogP contribution in [0.5, 0.6) is 0 Å². The van der Waals surface area contributed by atoms with E-state index in [0.29, 0.717) is 17.4 Å². The molecule has 0 unspecified atom stereocenters. The molecule has 0 amide bonds. The van der Waals surface area contributed by atoms with Gasteiger partial charge in [0.15, 0.2) is 0 Å². The number of hydrogen-bond acceptors (Lipinski definition) is 1. The van der Waals surface area contributed by atoms with Crippen molar-refractivity contribution in [2.75, 3.05) is 6.61 Å². The Morgan fingerprint density at radius 2 is 2.33 bits per heavy atom. The highest BCUT2D eigenvalue weighted by atomic mass is 35.5. The molecule has 0 heterocycles. The monoisotopic (exact) mass is 182 g/mol. The van der Waals surface area contributed by atoms with Crippen LogP contribution in [0.2, 0.25) is 5.02 Å². The van der Waals surface area contributed by atoms with Gasteiger partial charge < -0.3 is 4.74 Å². The highest BCUT2D eigenvalue weighted by molar-refractivity contribution is 6.30. The second kappa shape index (κ2) is 4.17. The molecule has 0 atom stereocenters. The predicted octanol–water partition coefficient (Wildman–Crippen LogP) is 3.35. The van der Waals surface area contributed by atoms with E-state index in [4.69, 9.17) is 16.3 Å². The van der Waals surface area contributed by atoms with Crippen LogP contribution >= 0.6 is 11.6 Å². The Morgan fingerprint density at radius 1 is 1.58 bits per heavy atom. The van der Waals surface area contributed by atoms with Crippen molar-refractivity contribution in [2.45, 2.75) is 6.92 Å². The van der Waals surface area contributed by atoms with Gasteiger partial charge in [0, 0.05) is 10.6 Å². The summed E-state index contributed by atoms with van der Waals surface area (Å²) in [6, 6.07) is 7.45. The molecule has 0 fully saturated rings. The third kappa shape index (κ3) is 2.28. The largest absolute Gasteiger partial charge is 0.494 e. The first-order chi connectivity index (χ1) is 5.74. The van der Waals surface area contributed by atoms with E-state index >= 15 is 0 Å². The lowest BCUT2D eigenvalue weighted by molar-refractivity contribution is 0.299. The second-order valence-corrected chi connectivity index (χ2v) is 2.80. The van der Waals surface area contributed by atoms with Crippen LogP contribution in [0.15, 0.2) is 30.8 Å². The molecular weight excluding hydrogens is 172 g/mol. The molecule has 12 heavy (non-hydrogen) atoms. The van der Waals surface area contributed by atoms with Gasteiger partial charge in [-0.15, -0.1) is 0 Å². The minimum absolute atomic E-state index is 0.630. The molecule has 1 rings (SSSR count). The van der Waals surface area contributed by atoms with Crippen molar-refractivity contribution < 1.29 is 4.74 Å². The van der Waals surface area contributed by atoms with Gasteiger partial charge in [0.05, 0.1) is 6.61 Å². The highest BCUT2D eigenvalue weighted by Gasteiger charge is 1.98. The van der Waals surface area contributed by atoms with Crippen LogP contribution in [0.4, 0.5) is 0 Å². The van der Waals surface area contributed by atoms with E-state index in [1.165, 1.54) is 0 Å². The van der Waals surface area contributed by atoms with Crippen LogP contribution in [-0.4, -0.2) is 6.61 Å². The summed E-state index contributed by atoms with van der Waals surface area (Å²) in [4.78, 5) is 0. The summed E-state index contributed by atoms with van der Waals surface area (Å²) in [5.74, 6) is 0.667. The average Bonchev–Trinajstić information content (AvgIpc) is 2.05.